The third kappa shape index (κ3) is 2.71. The monoisotopic (exact) mass is 365 g/mol. The van der Waals surface area contributed by atoms with Gasteiger partial charge in [0.2, 0.25) is 0 Å². The van der Waals surface area contributed by atoms with Gasteiger partial charge in [0, 0.05) is 7.05 Å². The zero-order valence-electron chi connectivity index (χ0n) is 13.5. The predicted octanol–water partition coefficient (Wildman–Crippen LogP) is 2.16. The Morgan fingerprint density at radius 3 is 2.31 bits per heavy atom. The molecule has 2 aromatic rings. The van der Waals surface area contributed by atoms with Gasteiger partial charge in [0.15, 0.2) is 23.1 Å². The van der Waals surface area contributed by atoms with Crippen molar-refractivity contribution in [1.82, 2.24) is 4.90 Å². The van der Waals surface area contributed by atoms with Crippen LogP contribution in [0.5, 0.6) is 11.5 Å². The van der Waals surface area contributed by atoms with E-state index in [2.05, 4.69) is 9.73 Å². The predicted molar refractivity (Wildman–Crippen MR) is 86.3 cm³/mol. The van der Waals surface area contributed by atoms with E-state index in [-0.39, 0.29) is 17.3 Å². The topological polar surface area (TPSA) is 88.2 Å². The Morgan fingerprint density at radius 1 is 1.19 bits per heavy atom. The number of phenols is 1. The third-order valence-corrected chi connectivity index (χ3v) is 4.10. The number of aromatic hydroxyl groups is 1. The van der Waals surface area contributed by atoms with E-state index in [9.17, 15) is 23.1 Å². The number of aliphatic imine (C=N–C) groups is 1. The molecule has 26 heavy (non-hydrogen) atoms. The summed E-state index contributed by atoms with van der Waals surface area (Å²) in [5.74, 6) is -2.23. The molecular formula is C17H14F3N3O3. The highest BCUT2D eigenvalue weighted by Crippen LogP contribution is 2.41. The normalized spacial score (nSPS) is 19.8. The number of likely N-dealkylation sites (N-methyl/N-ethyl adjacent to an activating group) is 1. The van der Waals surface area contributed by atoms with Crippen molar-refractivity contribution in [3.8, 4) is 11.5 Å². The fraction of sp³-hybridized carbons (Fsp3) is 0.176. The minimum atomic E-state index is -2.99. The number of benzene rings is 2. The number of hydrogen-bond donors (Lipinski definition) is 2. The van der Waals surface area contributed by atoms with Crippen LogP contribution >= 0.6 is 0 Å². The molecule has 0 spiro atoms. The van der Waals surface area contributed by atoms with Crippen molar-refractivity contribution in [2.45, 2.75) is 12.2 Å². The number of carbonyl (C=O) groups is 1. The third-order valence-electron chi connectivity index (χ3n) is 4.10. The van der Waals surface area contributed by atoms with Crippen LogP contribution in [-0.2, 0) is 10.3 Å². The first-order valence-electron chi connectivity index (χ1n) is 7.43. The smallest absolute Gasteiger partial charge is 0.387 e. The largest absolute Gasteiger partial charge is 0.505 e. The standard InChI is InChI=1S/C17H14F3N3O3/c1-23-14(25)17(22-16(23)21,10-4-7-12(18)13(24)8-10)9-2-5-11(6-3-9)26-15(19)20/h2-8,15,24H,1H3,(H2,21,22). The molecule has 9 heteroatoms. The van der Waals surface area contributed by atoms with E-state index < -0.39 is 29.6 Å². The van der Waals surface area contributed by atoms with E-state index in [1.807, 2.05) is 0 Å². The fourth-order valence-corrected chi connectivity index (χ4v) is 2.80. The van der Waals surface area contributed by atoms with E-state index in [4.69, 9.17) is 5.73 Å². The average Bonchev–Trinajstić information content (AvgIpc) is 2.82. The molecule has 6 nitrogen and oxygen atoms in total. The Labute approximate surface area is 146 Å². The summed E-state index contributed by atoms with van der Waals surface area (Å²) in [7, 11) is 1.42. The summed E-state index contributed by atoms with van der Waals surface area (Å²) < 4.78 is 42.4. The number of amides is 1. The van der Waals surface area contributed by atoms with Gasteiger partial charge in [0.25, 0.3) is 5.91 Å². The van der Waals surface area contributed by atoms with Crippen LogP contribution in [0.4, 0.5) is 13.2 Å². The van der Waals surface area contributed by atoms with Gasteiger partial charge in [0.05, 0.1) is 0 Å². The first-order chi connectivity index (χ1) is 12.3. The molecule has 0 aromatic heterocycles. The van der Waals surface area contributed by atoms with Gasteiger partial charge in [-0.1, -0.05) is 18.2 Å². The molecule has 0 saturated carbocycles. The Hall–Kier alpha value is -3.23. The number of nitrogens with zero attached hydrogens (tertiary/aromatic N) is 2. The summed E-state index contributed by atoms with van der Waals surface area (Å²) in [5.41, 5.74) is 4.58. The molecule has 3 rings (SSSR count). The van der Waals surface area contributed by atoms with E-state index in [0.29, 0.717) is 5.56 Å². The molecule has 1 heterocycles. The van der Waals surface area contributed by atoms with Crippen LogP contribution in [0.3, 0.4) is 0 Å². The highest BCUT2D eigenvalue weighted by molar-refractivity contribution is 6.08. The van der Waals surface area contributed by atoms with Crippen molar-refractivity contribution in [3.05, 3.63) is 59.4 Å². The Balaban J connectivity index is 2.16. The van der Waals surface area contributed by atoms with Gasteiger partial charge >= 0.3 is 6.61 Å². The summed E-state index contributed by atoms with van der Waals surface area (Å²) in [4.78, 5) is 18.2. The van der Waals surface area contributed by atoms with E-state index in [0.717, 1.165) is 17.0 Å². The average molecular weight is 365 g/mol. The summed E-state index contributed by atoms with van der Waals surface area (Å²) in [6, 6.07) is 8.64. The van der Waals surface area contributed by atoms with Gasteiger partial charge < -0.3 is 15.6 Å². The van der Waals surface area contributed by atoms with Gasteiger partial charge in [-0.25, -0.2) is 9.38 Å². The molecule has 1 aliphatic rings. The van der Waals surface area contributed by atoms with Crippen LogP contribution in [0.15, 0.2) is 47.5 Å². The van der Waals surface area contributed by atoms with Gasteiger partial charge in [0.1, 0.15) is 5.75 Å². The molecule has 1 unspecified atom stereocenters. The second-order valence-electron chi connectivity index (χ2n) is 5.61. The maximum atomic E-state index is 13.4. The first-order valence-corrected chi connectivity index (χ1v) is 7.43. The van der Waals surface area contributed by atoms with Crippen molar-refractivity contribution in [2.24, 2.45) is 10.7 Å². The highest BCUT2D eigenvalue weighted by atomic mass is 19.3. The van der Waals surface area contributed by atoms with Gasteiger partial charge in [-0.15, -0.1) is 0 Å². The van der Waals surface area contributed by atoms with Crippen LogP contribution in [-0.4, -0.2) is 35.5 Å². The van der Waals surface area contributed by atoms with E-state index in [1.165, 1.54) is 37.4 Å². The highest BCUT2D eigenvalue weighted by Gasteiger charge is 2.49. The van der Waals surface area contributed by atoms with E-state index >= 15 is 0 Å². The molecular weight excluding hydrogens is 351 g/mol. The number of carbonyl (C=O) groups excluding carboxylic acids is 1. The van der Waals surface area contributed by atoms with Gasteiger partial charge in [-0.2, -0.15) is 8.78 Å². The Bertz CT molecular complexity index is 887. The Morgan fingerprint density at radius 2 is 1.81 bits per heavy atom. The minimum Gasteiger partial charge on any atom is -0.505 e. The zero-order valence-corrected chi connectivity index (χ0v) is 13.5. The van der Waals surface area contributed by atoms with Crippen molar-refractivity contribution in [1.29, 1.82) is 0 Å². The molecule has 2 aromatic carbocycles. The molecule has 1 aliphatic heterocycles. The molecule has 1 amide bonds. The maximum Gasteiger partial charge on any atom is 0.387 e. The molecule has 0 bridgehead atoms. The van der Waals surface area contributed by atoms with Crippen molar-refractivity contribution in [3.63, 3.8) is 0 Å². The summed E-state index contributed by atoms with van der Waals surface area (Å²) in [6.07, 6.45) is 0. The van der Waals surface area contributed by atoms with Crippen LogP contribution in [0, 0.1) is 5.82 Å². The molecule has 136 valence electrons. The SMILES string of the molecule is CN1C(=O)C(c2ccc(OC(F)F)cc2)(c2ccc(F)c(O)c2)N=C1N. The molecule has 0 fully saturated rings. The number of phenolic OH excluding ortho intramolecular Hbond substituents is 1. The number of halogens is 3. The minimum absolute atomic E-state index is 0.0771. The van der Waals surface area contributed by atoms with Crippen LogP contribution < -0.4 is 10.5 Å². The zero-order chi connectivity index (χ0) is 19.1. The van der Waals surface area contributed by atoms with Crippen LogP contribution in [0.25, 0.3) is 0 Å². The lowest BCUT2D eigenvalue weighted by Gasteiger charge is -2.26. The lowest BCUT2D eigenvalue weighted by Crippen LogP contribution is -2.41. The number of rotatable bonds is 4. The molecule has 0 saturated heterocycles. The van der Waals surface area contributed by atoms with E-state index in [1.54, 1.807) is 0 Å². The second-order valence-corrected chi connectivity index (χ2v) is 5.61. The van der Waals surface area contributed by atoms with Crippen LogP contribution in [0.2, 0.25) is 0 Å². The molecule has 1 atom stereocenters. The summed E-state index contributed by atoms with van der Waals surface area (Å²) in [5, 5.41) is 9.70. The summed E-state index contributed by atoms with van der Waals surface area (Å²) in [6.45, 7) is -2.99. The summed E-state index contributed by atoms with van der Waals surface area (Å²) >= 11 is 0. The van der Waals surface area contributed by atoms with Crippen LogP contribution in [0.1, 0.15) is 11.1 Å². The quantitative estimate of drug-likeness (QED) is 0.869. The first kappa shape index (κ1) is 17.6. The van der Waals surface area contributed by atoms with Gasteiger partial charge in [-0.05, 0) is 35.4 Å². The molecule has 3 N–H and O–H groups in total. The van der Waals surface area contributed by atoms with Crippen molar-refractivity contribution < 1.29 is 27.8 Å². The van der Waals surface area contributed by atoms with Gasteiger partial charge in [-0.3, -0.25) is 9.69 Å². The number of guanidine groups is 1. The molecule has 0 aliphatic carbocycles. The lowest BCUT2D eigenvalue weighted by atomic mass is 9.82. The number of alkyl halides is 2. The maximum absolute atomic E-state index is 13.4. The number of nitrogens with two attached hydrogens (primary N) is 1. The Kier molecular flexibility index (Phi) is 4.23. The fourth-order valence-electron chi connectivity index (χ4n) is 2.80. The number of hydrogen-bond acceptors (Lipinski definition) is 5. The van der Waals surface area contributed by atoms with Crippen molar-refractivity contribution >= 4 is 11.9 Å². The molecule has 0 radical (unpaired) electrons. The van der Waals surface area contributed by atoms with Crippen molar-refractivity contribution in [2.75, 3.05) is 7.05 Å². The number of ether oxygens (including phenoxy) is 1. The lowest BCUT2D eigenvalue weighted by molar-refractivity contribution is -0.129. The second kappa shape index (κ2) is 6.25.